The molecular weight excluding hydrogens is 595 g/mol. The summed E-state index contributed by atoms with van der Waals surface area (Å²) in [5, 5.41) is 2.96. The fraction of sp³-hybridized carbons (Fsp3) is 0.476. The van der Waals surface area contributed by atoms with Crippen molar-refractivity contribution in [2.24, 2.45) is 11.8 Å². The van der Waals surface area contributed by atoms with Crippen LogP contribution in [0.15, 0.2) is 24.3 Å². The van der Waals surface area contributed by atoms with Crippen LogP contribution in [0.5, 0.6) is 0 Å². The van der Waals surface area contributed by atoms with Crippen LogP contribution in [-0.2, 0) is 25.4 Å². The molecule has 0 saturated carbocycles. The van der Waals surface area contributed by atoms with Crippen molar-refractivity contribution in [3.8, 4) is 0 Å². The second-order valence-electron chi connectivity index (χ2n) is 8.51. The Hall–Kier alpha value is -1.93. The molecule has 3 unspecified atom stereocenters. The third-order valence-electron chi connectivity index (χ3n) is 6.40. The van der Waals surface area contributed by atoms with Gasteiger partial charge in [-0.1, -0.05) is 23.7 Å². The van der Waals surface area contributed by atoms with Gasteiger partial charge in [-0.15, -0.1) is 0 Å². The number of carbonyl (C=O) groups is 2. The van der Waals surface area contributed by atoms with E-state index in [9.17, 15) is 30.2 Å². The van der Waals surface area contributed by atoms with Gasteiger partial charge in [0.1, 0.15) is 18.4 Å². The van der Waals surface area contributed by atoms with E-state index in [0.29, 0.717) is 31.7 Å². The molecule has 2 saturated heterocycles. The number of nitrogens with zero attached hydrogens (tertiary/aromatic N) is 4. The SMILES string of the molecule is Cc1c(Cl)c(C(F)(F)F)nn1CC(=O)N1CC2CN(C(C(=O)I=O)c3ccc(F)cc3)CC2C1. The molecule has 3 atom stereocenters. The summed E-state index contributed by atoms with van der Waals surface area (Å²) in [5.41, 5.74) is -0.582. The van der Waals surface area contributed by atoms with Gasteiger partial charge in [-0.25, -0.2) is 4.39 Å². The lowest BCUT2D eigenvalue weighted by Crippen LogP contribution is -2.37. The van der Waals surface area contributed by atoms with Crippen LogP contribution in [-0.4, -0.2) is 55.5 Å². The lowest BCUT2D eigenvalue weighted by molar-refractivity contribution is -0.142. The predicted molar refractivity (Wildman–Crippen MR) is 121 cm³/mol. The summed E-state index contributed by atoms with van der Waals surface area (Å²) in [4.78, 5) is 28.7. The number of alkyl halides is 3. The summed E-state index contributed by atoms with van der Waals surface area (Å²) in [6.07, 6.45) is -4.71. The molecule has 1 aromatic heterocycles. The molecule has 0 aliphatic carbocycles. The molecular formula is C21H20ClF4IN4O3. The van der Waals surface area contributed by atoms with Gasteiger partial charge in [0.15, 0.2) is 5.69 Å². The van der Waals surface area contributed by atoms with E-state index >= 15 is 0 Å². The van der Waals surface area contributed by atoms with Gasteiger partial charge in [0.05, 0.1) is 10.7 Å². The van der Waals surface area contributed by atoms with Gasteiger partial charge in [-0.05, 0) is 36.5 Å². The summed E-state index contributed by atoms with van der Waals surface area (Å²) in [6.45, 7) is 2.75. The minimum atomic E-state index is -4.71. The molecule has 1 amide bonds. The number of likely N-dealkylation sites (tertiary alicyclic amines) is 2. The van der Waals surface area contributed by atoms with E-state index < -0.39 is 53.7 Å². The maximum absolute atomic E-state index is 13.3. The molecule has 34 heavy (non-hydrogen) atoms. The van der Waals surface area contributed by atoms with Gasteiger partial charge < -0.3 is 4.90 Å². The van der Waals surface area contributed by atoms with Crippen LogP contribution in [0, 0.1) is 24.6 Å². The molecule has 0 spiro atoms. The number of aromatic nitrogens is 2. The summed E-state index contributed by atoms with van der Waals surface area (Å²) in [6, 6.07) is 4.80. The first-order valence-electron chi connectivity index (χ1n) is 10.4. The average Bonchev–Trinajstić information content (AvgIpc) is 3.43. The van der Waals surface area contributed by atoms with Gasteiger partial charge in [-0.3, -0.25) is 22.2 Å². The van der Waals surface area contributed by atoms with Crippen LogP contribution in [0.2, 0.25) is 5.02 Å². The molecule has 2 fully saturated rings. The van der Waals surface area contributed by atoms with Crippen molar-refractivity contribution in [1.29, 1.82) is 0 Å². The Kier molecular flexibility index (Phi) is 7.11. The standard InChI is InChI=1S/C21H20ClF4IN4O3/c1-11-17(22)19(21(24,25)26)28-31(11)10-16(32)29-6-13-8-30(9-14(13)7-29)18(20(33)27-34)12-2-4-15(23)5-3-12/h2-5,13-14,18H,6-10H2,1H3. The zero-order valence-electron chi connectivity index (χ0n) is 17.9. The van der Waals surface area contributed by atoms with E-state index in [-0.39, 0.29) is 30.0 Å². The monoisotopic (exact) mass is 614 g/mol. The number of hydrogen-bond acceptors (Lipinski definition) is 5. The number of fused-ring (bicyclic) bond motifs is 1. The van der Waals surface area contributed by atoms with E-state index in [1.807, 2.05) is 4.90 Å². The Bertz CT molecular complexity index is 1110. The summed E-state index contributed by atoms with van der Waals surface area (Å²) in [5.74, 6) is -0.695. The zero-order valence-corrected chi connectivity index (χ0v) is 20.8. The van der Waals surface area contributed by atoms with Crippen LogP contribution >= 0.6 is 32.8 Å². The maximum Gasteiger partial charge on any atom is 0.436 e. The first-order chi connectivity index (χ1) is 16.0. The Labute approximate surface area is 207 Å². The molecule has 0 bridgehead atoms. The average molecular weight is 615 g/mol. The largest absolute Gasteiger partial charge is 0.436 e. The first-order valence-corrected chi connectivity index (χ1v) is 12.7. The van der Waals surface area contributed by atoms with Crippen molar-refractivity contribution >= 4 is 42.5 Å². The molecule has 7 nitrogen and oxygen atoms in total. The highest BCUT2D eigenvalue weighted by atomic mass is 127. The Balaban J connectivity index is 1.42. The number of hydrogen-bond donors (Lipinski definition) is 0. The Morgan fingerprint density at radius 2 is 1.74 bits per heavy atom. The topological polar surface area (TPSA) is 75.5 Å². The first kappa shape index (κ1) is 25.2. The maximum atomic E-state index is 13.3. The predicted octanol–water partition coefficient (Wildman–Crippen LogP) is 3.98. The fourth-order valence-corrected chi connectivity index (χ4v) is 5.94. The minimum Gasteiger partial charge on any atom is -0.340 e. The molecule has 2 aliphatic rings. The van der Waals surface area contributed by atoms with Crippen LogP contribution in [0.4, 0.5) is 17.6 Å². The molecule has 4 rings (SSSR count). The minimum absolute atomic E-state index is 0.0533. The van der Waals surface area contributed by atoms with Crippen LogP contribution in [0.1, 0.15) is 23.0 Å². The second-order valence-corrected chi connectivity index (χ2v) is 10.4. The van der Waals surface area contributed by atoms with Crippen molar-refractivity contribution in [2.75, 3.05) is 26.2 Å². The van der Waals surface area contributed by atoms with Gasteiger partial charge in [0.25, 0.3) is 0 Å². The van der Waals surface area contributed by atoms with Gasteiger partial charge in [0, 0.05) is 26.2 Å². The number of benzene rings is 1. The van der Waals surface area contributed by atoms with E-state index in [2.05, 4.69) is 5.10 Å². The van der Waals surface area contributed by atoms with Crippen LogP contribution in [0.25, 0.3) is 0 Å². The van der Waals surface area contributed by atoms with E-state index in [0.717, 1.165) is 4.68 Å². The summed E-state index contributed by atoms with van der Waals surface area (Å²) < 4.78 is 64.5. The normalized spacial score (nSPS) is 21.6. The highest BCUT2D eigenvalue weighted by molar-refractivity contribution is 14.2. The number of rotatable bonds is 6. The van der Waals surface area contributed by atoms with E-state index in [1.54, 1.807) is 4.90 Å². The number of amides is 1. The van der Waals surface area contributed by atoms with Crippen molar-refractivity contribution < 1.29 is 30.2 Å². The van der Waals surface area contributed by atoms with Crippen molar-refractivity contribution in [3.05, 3.63) is 52.1 Å². The highest BCUT2D eigenvalue weighted by Crippen LogP contribution is 2.38. The quantitative estimate of drug-likeness (QED) is 0.280. The van der Waals surface area contributed by atoms with Crippen molar-refractivity contribution in [3.63, 3.8) is 0 Å². The Morgan fingerprint density at radius 3 is 2.24 bits per heavy atom. The van der Waals surface area contributed by atoms with E-state index in [1.165, 1.54) is 31.2 Å². The van der Waals surface area contributed by atoms with Crippen molar-refractivity contribution in [1.82, 2.24) is 19.6 Å². The molecule has 2 aliphatic heterocycles. The fourth-order valence-electron chi connectivity index (χ4n) is 4.70. The van der Waals surface area contributed by atoms with E-state index in [4.69, 9.17) is 11.6 Å². The molecule has 184 valence electrons. The van der Waals surface area contributed by atoms with Gasteiger partial charge in [0.2, 0.25) is 30.9 Å². The van der Waals surface area contributed by atoms with Gasteiger partial charge >= 0.3 is 6.18 Å². The second kappa shape index (κ2) is 9.61. The smallest absolute Gasteiger partial charge is 0.340 e. The Morgan fingerprint density at radius 1 is 1.15 bits per heavy atom. The highest BCUT2D eigenvalue weighted by Gasteiger charge is 2.45. The summed E-state index contributed by atoms with van der Waals surface area (Å²) in [7, 11) is 0. The molecule has 0 radical (unpaired) electrons. The molecule has 1 aromatic carbocycles. The van der Waals surface area contributed by atoms with Crippen LogP contribution in [0.3, 0.4) is 0 Å². The number of carbonyl (C=O) groups excluding carboxylic acids is 2. The lowest BCUT2D eigenvalue weighted by Gasteiger charge is -2.27. The number of halogens is 6. The summed E-state index contributed by atoms with van der Waals surface area (Å²) >= 11 is 3.85. The molecule has 3 heterocycles. The zero-order chi connectivity index (χ0) is 24.8. The molecule has 0 N–H and O–H groups in total. The molecule has 13 heteroatoms. The third-order valence-corrected chi connectivity index (χ3v) is 7.87. The van der Waals surface area contributed by atoms with Gasteiger partial charge in [-0.2, -0.15) is 18.3 Å². The third kappa shape index (κ3) is 4.89. The lowest BCUT2D eigenvalue weighted by atomic mass is 10.0. The van der Waals surface area contributed by atoms with Crippen molar-refractivity contribution in [2.45, 2.75) is 25.7 Å². The molecule has 2 aromatic rings. The van der Waals surface area contributed by atoms with Crippen LogP contribution < -0.4 is 0 Å².